The highest BCUT2D eigenvalue weighted by molar-refractivity contribution is 5.86. The van der Waals surface area contributed by atoms with Crippen LogP contribution in [-0.2, 0) is 4.79 Å². The highest BCUT2D eigenvalue weighted by Crippen LogP contribution is 2.29. The number of carbonyl (C=O) groups is 1. The van der Waals surface area contributed by atoms with Crippen LogP contribution in [0.4, 0.5) is 0 Å². The molecular formula is C12H19N3O2. The van der Waals surface area contributed by atoms with E-state index < -0.39 is 5.54 Å². The minimum absolute atomic E-state index is 0.0359. The van der Waals surface area contributed by atoms with Crippen molar-refractivity contribution in [2.24, 2.45) is 5.73 Å². The number of nitrogens with two attached hydrogens (primary N) is 1. The summed E-state index contributed by atoms with van der Waals surface area (Å²) < 4.78 is 5.41. The molecule has 1 fully saturated rings. The Morgan fingerprint density at radius 1 is 1.65 bits per heavy atom. The standard InChI is InChI=1S/C12H19N3O2/c1-12(2)11(16)14-5-6-15(12)9(8-13)10-4-3-7-17-10/h3-4,7,9H,5-6,8,13H2,1-2H3,(H,14,16). The van der Waals surface area contributed by atoms with E-state index in [1.165, 1.54) is 0 Å². The molecule has 1 amide bonds. The number of furan rings is 1. The van der Waals surface area contributed by atoms with Gasteiger partial charge in [-0.2, -0.15) is 0 Å². The fourth-order valence-corrected chi connectivity index (χ4v) is 2.34. The lowest BCUT2D eigenvalue weighted by molar-refractivity contribution is -0.137. The lowest BCUT2D eigenvalue weighted by Crippen LogP contribution is -2.63. The summed E-state index contributed by atoms with van der Waals surface area (Å²) >= 11 is 0. The molecule has 1 aromatic heterocycles. The molecular weight excluding hydrogens is 218 g/mol. The third-order valence-corrected chi connectivity index (χ3v) is 3.38. The summed E-state index contributed by atoms with van der Waals surface area (Å²) in [6.07, 6.45) is 1.63. The van der Waals surface area contributed by atoms with Gasteiger partial charge in [-0.05, 0) is 26.0 Å². The molecule has 0 bridgehead atoms. The van der Waals surface area contributed by atoms with Crippen LogP contribution in [-0.4, -0.2) is 36.0 Å². The third-order valence-electron chi connectivity index (χ3n) is 3.38. The fourth-order valence-electron chi connectivity index (χ4n) is 2.34. The minimum atomic E-state index is -0.560. The Morgan fingerprint density at radius 2 is 2.41 bits per heavy atom. The van der Waals surface area contributed by atoms with Crippen LogP contribution >= 0.6 is 0 Å². The van der Waals surface area contributed by atoms with E-state index in [-0.39, 0.29) is 11.9 Å². The van der Waals surface area contributed by atoms with E-state index in [4.69, 9.17) is 10.2 Å². The Balaban J connectivity index is 2.27. The molecule has 3 N–H and O–H groups in total. The van der Waals surface area contributed by atoms with E-state index in [0.717, 1.165) is 12.3 Å². The normalized spacial score (nSPS) is 22.2. The average molecular weight is 237 g/mol. The number of nitrogens with one attached hydrogen (secondary N) is 1. The van der Waals surface area contributed by atoms with Gasteiger partial charge in [-0.3, -0.25) is 9.69 Å². The van der Waals surface area contributed by atoms with Crippen molar-refractivity contribution < 1.29 is 9.21 Å². The SMILES string of the molecule is CC1(C)C(=O)NCCN1C(CN)c1ccco1. The van der Waals surface area contributed by atoms with Crippen LogP contribution in [0.2, 0.25) is 0 Å². The van der Waals surface area contributed by atoms with Gasteiger partial charge in [0.25, 0.3) is 0 Å². The van der Waals surface area contributed by atoms with Gasteiger partial charge in [0.2, 0.25) is 5.91 Å². The Labute approximate surface area is 101 Å². The van der Waals surface area contributed by atoms with E-state index in [0.29, 0.717) is 13.1 Å². The van der Waals surface area contributed by atoms with E-state index in [1.54, 1.807) is 6.26 Å². The van der Waals surface area contributed by atoms with Crippen LogP contribution in [0, 0.1) is 0 Å². The van der Waals surface area contributed by atoms with Crippen molar-refractivity contribution in [3.63, 3.8) is 0 Å². The summed E-state index contributed by atoms with van der Waals surface area (Å²) in [6.45, 7) is 5.69. The van der Waals surface area contributed by atoms with Crippen LogP contribution in [0.1, 0.15) is 25.6 Å². The molecule has 1 atom stereocenters. The highest BCUT2D eigenvalue weighted by atomic mass is 16.3. The molecule has 0 saturated carbocycles. The number of carbonyl (C=O) groups excluding carboxylic acids is 1. The van der Waals surface area contributed by atoms with Gasteiger partial charge in [0.1, 0.15) is 5.76 Å². The molecule has 2 heterocycles. The summed E-state index contributed by atoms with van der Waals surface area (Å²) in [4.78, 5) is 14.0. The molecule has 0 spiro atoms. The van der Waals surface area contributed by atoms with Crippen molar-refractivity contribution in [3.8, 4) is 0 Å². The number of piperazine rings is 1. The summed E-state index contributed by atoms with van der Waals surface area (Å²) in [5.74, 6) is 0.851. The molecule has 1 unspecified atom stereocenters. The first-order chi connectivity index (χ1) is 8.07. The Morgan fingerprint density at radius 3 is 3.00 bits per heavy atom. The van der Waals surface area contributed by atoms with Gasteiger partial charge in [-0.15, -0.1) is 0 Å². The molecule has 1 aromatic rings. The van der Waals surface area contributed by atoms with Crippen molar-refractivity contribution >= 4 is 5.91 Å². The molecule has 1 saturated heterocycles. The van der Waals surface area contributed by atoms with Crippen LogP contribution in [0.3, 0.4) is 0 Å². The van der Waals surface area contributed by atoms with E-state index in [9.17, 15) is 4.79 Å². The maximum atomic E-state index is 11.9. The number of nitrogens with zero attached hydrogens (tertiary/aromatic N) is 1. The molecule has 2 rings (SSSR count). The number of rotatable bonds is 3. The summed E-state index contributed by atoms with van der Waals surface area (Å²) in [5.41, 5.74) is 5.27. The molecule has 0 aromatic carbocycles. The smallest absolute Gasteiger partial charge is 0.240 e. The Bertz CT molecular complexity index is 386. The molecule has 94 valence electrons. The van der Waals surface area contributed by atoms with Gasteiger partial charge < -0.3 is 15.5 Å². The molecule has 1 aliphatic heterocycles. The van der Waals surface area contributed by atoms with Crippen LogP contribution in [0.15, 0.2) is 22.8 Å². The molecule has 0 aliphatic carbocycles. The second kappa shape index (κ2) is 4.50. The summed E-state index contributed by atoms with van der Waals surface area (Å²) in [6, 6.07) is 3.70. The Hall–Kier alpha value is -1.33. The maximum absolute atomic E-state index is 11.9. The van der Waals surface area contributed by atoms with E-state index >= 15 is 0 Å². The second-order valence-corrected chi connectivity index (χ2v) is 4.78. The molecule has 0 radical (unpaired) electrons. The predicted octanol–water partition coefficient (Wildman–Crippen LogP) is 0.490. The fraction of sp³-hybridized carbons (Fsp3) is 0.583. The van der Waals surface area contributed by atoms with Gasteiger partial charge in [0, 0.05) is 19.6 Å². The summed E-state index contributed by atoms with van der Waals surface area (Å²) in [7, 11) is 0. The van der Waals surface area contributed by atoms with E-state index in [1.807, 2.05) is 26.0 Å². The van der Waals surface area contributed by atoms with Gasteiger partial charge in [-0.1, -0.05) is 0 Å². The van der Waals surface area contributed by atoms with Crippen molar-refractivity contribution in [3.05, 3.63) is 24.2 Å². The molecule has 1 aliphatic rings. The lowest BCUT2D eigenvalue weighted by Gasteiger charge is -2.44. The first-order valence-electron chi connectivity index (χ1n) is 5.86. The Kier molecular flexibility index (Phi) is 3.22. The lowest BCUT2D eigenvalue weighted by atomic mass is 9.95. The van der Waals surface area contributed by atoms with Crippen LogP contribution < -0.4 is 11.1 Å². The van der Waals surface area contributed by atoms with Crippen molar-refractivity contribution in [1.29, 1.82) is 0 Å². The van der Waals surface area contributed by atoms with Gasteiger partial charge in [0.05, 0.1) is 17.8 Å². The largest absolute Gasteiger partial charge is 0.468 e. The maximum Gasteiger partial charge on any atom is 0.240 e. The zero-order chi connectivity index (χ0) is 12.5. The second-order valence-electron chi connectivity index (χ2n) is 4.78. The predicted molar refractivity (Wildman–Crippen MR) is 64.3 cm³/mol. The topological polar surface area (TPSA) is 71.5 Å². The van der Waals surface area contributed by atoms with Gasteiger partial charge >= 0.3 is 0 Å². The minimum Gasteiger partial charge on any atom is -0.468 e. The number of hydrogen-bond donors (Lipinski definition) is 2. The van der Waals surface area contributed by atoms with E-state index in [2.05, 4.69) is 10.2 Å². The average Bonchev–Trinajstić information content (AvgIpc) is 2.79. The summed E-state index contributed by atoms with van der Waals surface area (Å²) in [5, 5.41) is 2.87. The van der Waals surface area contributed by atoms with Crippen molar-refractivity contribution in [2.45, 2.75) is 25.4 Å². The van der Waals surface area contributed by atoms with Crippen LogP contribution in [0.25, 0.3) is 0 Å². The number of amides is 1. The molecule has 17 heavy (non-hydrogen) atoms. The quantitative estimate of drug-likeness (QED) is 0.802. The van der Waals surface area contributed by atoms with Crippen molar-refractivity contribution in [1.82, 2.24) is 10.2 Å². The number of hydrogen-bond acceptors (Lipinski definition) is 4. The highest BCUT2D eigenvalue weighted by Gasteiger charge is 2.41. The van der Waals surface area contributed by atoms with Gasteiger partial charge in [0.15, 0.2) is 0 Å². The zero-order valence-corrected chi connectivity index (χ0v) is 10.3. The zero-order valence-electron chi connectivity index (χ0n) is 10.3. The van der Waals surface area contributed by atoms with Crippen LogP contribution in [0.5, 0.6) is 0 Å². The first kappa shape index (κ1) is 12.1. The van der Waals surface area contributed by atoms with Gasteiger partial charge in [-0.25, -0.2) is 0 Å². The molecule has 5 nitrogen and oxygen atoms in total. The first-order valence-corrected chi connectivity index (χ1v) is 5.86. The monoisotopic (exact) mass is 237 g/mol. The third kappa shape index (κ3) is 2.08. The molecule has 5 heteroatoms. The van der Waals surface area contributed by atoms with Crippen molar-refractivity contribution in [2.75, 3.05) is 19.6 Å².